The highest BCUT2D eigenvalue weighted by Crippen LogP contribution is 2.28. The Morgan fingerprint density at radius 2 is 1.71 bits per heavy atom. The zero-order valence-corrected chi connectivity index (χ0v) is 18.8. The molecule has 9 nitrogen and oxygen atoms in total. The maximum atomic E-state index is 12.6. The van der Waals surface area contributed by atoms with E-state index in [0.717, 1.165) is 51.6 Å². The molecule has 2 saturated heterocycles. The van der Waals surface area contributed by atoms with Crippen LogP contribution in [0.4, 0.5) is 0 Å². The Hall–Kier alpha value is -1.87. The topological polar surface area (TPSA) is 128 Å². The maximum Gasteiger partial charge on any atom is 0.328 e. The highest BCUT2D eigenvalue weighted by atomic mass is 35.5. The van der Waals surface area contributed by atoms with E-state index in [1.54, 1.807) is 4.90 Å². The molecular formula is C21H35ClN4O5. The van der Waals surface area contributed by atoms with Crippen molar-refractivity contribution in [3.63, 3.8) is 0 Å². The molecule has 4 N–H and O–H groups in total. The number of carboxylic acid groups (broad SMARTS) is 1. The molecule has 0 aromatic heterocycles. The lowest BCUT2D eigenvalue weighted by atomic mass is 9.92. The summed E-state index contributed by atoms with van der Waals surface area (Å²) in [6.45, 7) is 2.94. The van der Waals surface area contributed by atoms with Gasteiger partial charge in [-0.1, -0.05) is 0 Å². The van der Waals surface area contributed by atoms with Gasteiger partial charge in [-0.2, -0.15) is 0 Å². The van der Waals surface area contributed by atoms with Gasteiger partial charge in [-0.15, -0.1) is 12.4 Å². The van der Waals surface area contributed by atoms with Crippen molar-refractivity contribution in [1.82, 2.24) is 20.9 Å². The maximum absolute atomic E-state index is 12.6. The average molecular weight is 459 g/mol. The Balaban J connectivity index is 0.00000341. The first-order chi connectivity index (χ1) is 14.4. The summed E-state index contributed by atoms with van der Waals surface area (Å²) in [5.74, 6) is -1.41. The van der Waals surface area contributed by atoms with Crippen molar-refractivity contribution in [3.8, 4) is 0 Å². The van der Waals surface area contributed by atoms with Crippen molar-refractivity contribution in [3.05, 3.63) is 0 Å². The quantitative estimate of drug-likeness (QED) is 0.399. The Morgan fingerprint density at radius 3 is 2.35 bits per heavy atom. The molecule has 1 aliphatic carbocycles. The van der Waals surface area contributed by atoms with Crippen molar-refractivity contribution < 1.29 is 24.3 Å². The Bertz CT molecular complexity index is 652. The second-order valence-electron chi connectivity index (χ2n) is 8.83. The first-order valence-electron chi connectivity index (χ1n) is 11.2. The lowest BCUT2D eigenvalue weighted by molar-refractivity contribution is -0.142. The fourth-order valence-electron chi connectivity index (χ4n) is 4.26. The molecule has 0 aromatic rings. The van der Waals surface area contributed by atoms with E-state index in [-0.39, 0.29) is 48.5 Å². The van der Waals surface area contributed by atoms with E-state index in [4.69, 9.17) is 0 Å². The Labute approximate surface area is 189 Å². The molecule has 3 fully saturated rings. The summed E-state index contributed by atoms with van der Waals surface area (Å²) in [6.07, 6.45) is 6.65. The Morgan fingerprint density at radius 1 is 1.00 bits per heavy atom. The van der Waals surface area contributed by atoms with Crippen molar-refractivity contribution in [1.29, 1.82) is 0 Å². The first kappa shape index (κ1) is 25.4. The summed E-state index contributed by atoms with van der Waals surface area (Å²) in [5.41, 5.74) is 0. The normalized spacial score (nSPS) is 22.7. The van der Waals surface area contributed by atoms with Crippen LogP contribution in [0.2, 0.25) is 0 Å². The molecular weight excluding hydrogens is 424 g/mol. The van der Waals surface area contributed by atoms with Crippen LogP contribution in [0.5, 0.6) is 0 Å². The number of nitrogens with zero attached hydrogens (tertiary/aromatic N) is 1. The number of carbonyl (C=O) groups is 4. The van der Waals surface area contributed by atoms with Crippen molar-refractivity contribution in [2.45, 2.75) is 57.4 Å². The number of hydrogen-bond acceptors (Lipinski definition) is 5. The van der Waals surface area contributed by atoms with E-state index >= 15 is 0 Å². The minimum absolute atomic E-state index is 0. The van der Waals surface area contributed by atoms with Crippen LogP contribution < -0.4 is 16.0 Å². The van der Waals surface area contributed by atoms with Crippen molar-refractivity contribution in [2.75, 3.05) is 32.7 Å². The Kier molecular flexibility index (Phi) is 10.0. The average Bonchev–Trinajstić information content (AvgIpc) is 3.60. The summed E-state index contributed by atoms with van der Waals surface area (Å²) < 4.78 is 0. The van der Waals surface area contributed by atoms with Gasteiger partial charge in [0, 0.05) is 32.0 Å². The van der Waals surface area contributed by atoms with Crippen LogP contribution >= 0.6 is 12.4 Å². The summed E-state index contributed by atoms with van der Waals surface area (Å²) in [4.78, 5) is 50.2. The highest BCUT2D eigenvalue weighted by Gasteiger charge is 2.33. The molecule has 3 amide bonds. The third kappa shape index (κ3) is 7.96. The van der Waals surface area contributed by atoms with E-state index in [1.165, 1.54) is 0 Å². The van der Waals surface area contributed by atoms with Crippen molar-refractivity contribution in [2.24, 2.45) is 17.8 Å². The van der Waals surface area contributed by atoms with Crippen LogP contribution in [0.3, 0.4) is 0 Å². The molecule has 0 radical (unpaired) electrons. The number of amides is 3. The third-order valence-corrected chi connectivity index (χ3v) is 6.41. The standard InChI is InChI=1S/C21H34N4O5.ClH/c26-18(6-3-14-7-9-22-10-8-14)25-11-1-2-16(13-25)19(27)23-12-17(21(29)30)24-20(28)15-4-5-15;/h14-17,22H,1-13H2,(H,23,27)(H,24,28)(H,29,30);1H/t16-,17?;/m1./s1. The van der Waals surface area contributed by atoms with Crippen LogP contribution in [0.25, 0.3) is 0 Å². The molecule has 0 bridgehead atoms. The lowest BCUT2D eigenvalue weighted by Gasteiger charge is -2.33. The van der Waals surface area contributed by atoms with E-state index < -0.39 is 12.0 Å². The van der Waals surface area contributed by atoms with Gasteiger partial charge in [0.2, 0.25) is 17.7 Å². The molecule has 3 rings (SSSR count). The SMILES string of the molecule is Cl.O=C(NC(CNC(=O)[C@@H]1CCCN(C(=O)CCC2CCNCC2)C1)C(=O)O)C1CC1. The number of likely N-dealkylation sites (tertiary alicyclic amines) is 1. The summed E-state index contributed by atoms with van der Waals surface area (Å²) in [5, 5.41) is 17.8. The van der Waals surface area contributed by atoms with E-state index in [9.17, 15) is 24.3 Å². The van der Waals surface area contributed by atoms with Gasteiger partial charge >= 0.3 is 5.97 Å². The van der Waals surface area contributed by atoms with E-state index in [1.807, 2.05) is 0 Å². The molecule has 0 spiro atoms. The lowest BCUT2D eigenvalue weighted by Crippen LogP contribution is -2.51. The minimum Gasteiger partial charge on any atom is -0.480 e. The number of nitrogens with one attached hydrogen (secondary N) is 3. The number of piperidine rings is 2. The van der Waals surface area contributed by atoms with Crippen LogP contribution in [0.1, 0.15) is 51.4 Å². The molecule has 3 aliphatic rings. The van der Waals surface area contributed by atoms with Gasteiger partial charge in [0.1, 0.15) is 6.04 Å². The van der Waals surface area contributed by atoms with Gasteiger partial charge in [0.15, 0.2) is 0 Å². The first-order valence-corrected chi connectivity index (χ1v) is 11.2. The summed E-state index contributed by atoms with van der Waals surface area (Å²) in [7, 11) is 0. The molecule has 1 unspecified atom stereocenters. The van der Waals surface area contributed by atoms with E-state index in [0.29, 0.717) is 31.8 Å². The predicted octanol–water partition coefficient (Wildman–Crippen LogP) is 0.522. The molecule has 0 aromatic carbocycles. The number of carbonyl (C=O) groups excluding carboxylic acids is 3. The van der Waals surface area contributed by atoms with E-state index in [2.05, 4.69) is 16.0 Å². The summed E-state index contributed by atoms with van der Waals surface area (Å²) in [6, 6.07) is -1.13. The molecule has 1 saturated carbocycles. The van der Waals surface area contributed by atoms with Gasteiger partial charge in [-0.05, 0) is 64.0 Å². The number of carboxylic acids is 1. The van der Waals surface area contributed by atoms with Crippen LogP contribution in [-0.4, -0.2) is 72.5 Å². The zero-order chi connectivity index (χ0) is 21.5. The smallest absolute Gasteiger partial charge is 0.328 e. The van der Waals surface area contributed by atoms with Gasteiger partial charge in [-0.25, -0.2) is 4.79 Å². The fourth-order valence-corrected chi connectivity index (χ4v) is 4.26. The second-order valence-corrected chi connectivity index (χ2v) is 8.83. The largest absolute Gasteiger partial charge is 0.480 e. The number of aliphatic carboxylic acids is 1. The second kappa shape index (κ2) is 12.2. The van der Waals surface area contributed by atoms with Crippen LogP contribution in [-0.2, 0) is 19.2 Å². The summed E-state index contributed by atoms with van der Waals surface area (Å²) >= 11 is 0. The molecule has 176 valence electrons. The molecule has 2 aliphatic heterocycles. The molecule has 31 heavy (non-hydrogen) atoms. The molecule has 10 heteroatoms. The minimum atomic E-state index is -1.16. The number of halogens is 1. The monoisotopic (exact) mass is 458 g/mol. The fraction of sp³-hybridized carbons (Fsp3) is 0.810. The van der Waals surface area contributed by atoms with Gasteiger partial charge in [-0.3, -0.25) is 14.4 Å². The molecule has 2 heterocycles. The molecule has 2 atom stereocenters. The third-order valence-electron chi connectivity index (χ3n) is 6.41. The number of hydrogen-bond donors (Lipinski definition) is 4. The highest BCUT2D eigenvalue weighted by molar-refractivity contribution is 5.87. The predicted molar refractivity (Wildman–Crippen MR) is 117 cm³/mol. The van der Waals surface area contributed by atoms with Crippen LogP contribution in [0, 0.1) is 17.8 Å². The van der Waals surface area contributed by atoms with Gasteiger partial charge < -0.3 is 26.0 Å². The van der Waals surface area contributed by atoms with Crippen molar-refractivity contribution >= 4 is 36.1 Å². The number of rotatable bonds is 9. The van der Waals surface area contributed by atoms with Gasteiger partial charge in [0.25, 0.3) is 0 Å². The zero-order valence-electron chi connectivity index (χ0n) is 17.9. The van der Waals surface area contributed by atoms with Gasteiger partial charge in [0.05, 0.1) is 5.92 Å². The van der Waals surface area contributed by atoms with Crippen LogP contribution in [0.15, 0.2) is 0 Å².